The Morgan fingerprint density at radius 3 is 2.31 bits per heavy atom. The van der Waals surface area contributed by atoms with E-state index in [0.717, 1.165) is 6.26 Å². The molecule has 3 N–H and O–H groups in total. The van der Waals surface area contributed by atoms with Crippen LogP contribution in [-0.4, -0.2) is 26.5 Å². The summed E-state index contributed by atoms with van der Waals surface area (Å²) >= 11 is 0. The van der Waals surface area contributed by atoms with E-state index in [1.54, 1.807) is 5.48 Å². The second-order valence-electron chi connectivity index (χ2n) is 2.28. The zero-order valence-corrected chi connectivity index (χ0v) is 7.76. The molecule has 0 fully saturated rings. The van der Waals surface area contributed by atoms with E-state index >= 15 is 0 Å². The quantitative estimate of drug-likeness (QED) is 0.522. The van der Waals surface area contributed by atoms with Crippen LogP contribution in [0.2, 0.25) is 0 Å². The summed E-state index contributed by atoms with van der Waals surface area (Å²) in [7, 11) is -3.71. The highest BCUT2D eigenvalue weighted by molar-refractivity contribution is 7.85. The van der Waals surface area contributed by atoms with Crippen LogP contribution in [0.15, 0.2) is 0 Å². The van der Waals surface area contributed by atoms with Gasteiger partial charge in [0.2, 0.25) is 11.8 Å². The first-order valence-electron chi connectivity index (χ1n) is 3.27. The molecule has 0 heterocycles. The van der Waals surface area contributed by atoms with Gasteiger partial charge in [0, 0.05) is 12.8 Å². The predicted molar refractivity (Wildman–Crippen MR) is 42.5 cm³/mol. The van der Waals surface area contributed by atoms with Gasteiger partial charge in [-0.2, -0.15) is 8.42 Å². The predicted octanol–water partition coefficient (Wildman–Crippen LogP) is -1.74. The van der Waals surface area contributed by atoms with Gasteiger partial charge in [-0.25, -0.2) is 5.48 Å². The summed E-state index contributed by atoms with van der Waals surface area (Å²) in [6.45, 7) is 0. The molecule has 0 atom stereocenters. The third-order valence-electron chi connectivity index (χ3n) is 0.905. The van der Waals surface area contributed by atoms with Crippen molar-refractivity contribution in [3.05, 3.63) is 0 Å². The molecule has 0 saturated carbocycles. The molecular formula is C5H10N2O5S. The Balaban J connectivity index is 3.71. The molecule has 0 aliphatic carbocycles. The molecule has 0 aromatic heterocycles. The summed E-state index contributed by atoms with van der Waals surface area (Å²) in [4.78, 5) is 20.9. The van der Waals surface area contributed by atoms with Crippen molar-refractivity contribution < 1.29 is 22.3 Å². The minimum atomic E-state index is -3.71. The van der Waals surface area contributed by atoms with Crippen LogP contribution in [0.1, 0.15) is 12.8 Å². The van der Waals surface area contributed by atoms with Crippen LogP contribution in [0.3, 0.4) is 0 Å². The number of hydrogen-bond donors (Lipinski definition) is 2. The van der Waals surface area contributed by atoms with E-state index in [-0.39, 0.29) is 12.8 Å². The van der Waals surface area contributed by atoms with Gasteiger partial charge in [-0.15, -0.1) is 4.28 Å². The number of carbonyl (C=O) groups is 2. The van der Waals surface area contributed by atoms with Crippen molar-refractivity contribution in [3.63, 3.8) is 0 Å². The van der Waals surface area contributed by atoms with Gasteiger partial charge in [-0.05, 0) is 0 Å². The summed E-state index contributed by atoms with van der Waals surface area (Å²) in [5.41, 5.74) is 6.39. The zero-order valence-electron chi connectivity index (χ0n) is 6.94. The van der Waals surface area contributed by atoms with E-state index in [1.807, 2.05) is 0 Å². The fourth-order valence-electron chi connectivity index (χ4n) is 0.410. The Labute approximate surface area is 75.3 Å². The van der Waals surface area contributed by atoms with Crippen LogP contribution in [0.25, 0.3) is 0 Å². The van der Waals surface area contributed by atoms with E-state index in [2.05, 4.69) is 4.28 Å². The molecule has 0 aromatic carbocycles. The minimum Gasteiger partial charge on any atom is -0.370 e. The second-order valence-corrected chi connectivity index (χ2v) is 3.85. The average molecular weight is 210 g/mol. The largest absolute Gasteiger partial charge is 0.370 e. The first-order valence-corrected chi connectivity index (χ1v) is 5.08. The molecule has 0 radical (unpaired) electrons. The lowest BCUT2D eigenvalue weighted by Crippen LogP contribution is -2.27. The van der Waals surface area contributed by atoms with E-state index in [1.165, 1.54) is 0 Å². The Morgan fingerprint density at radius 2 is 1.92 bits per heavy atom. The van der Waals surface area contributed by atoms with Crippen LogP contribution >= 0.6 is 0 Å². The Kier molecular flexibility index (Phi) is 4.35. The van der Waals surface area contributed by atoms with Crippen LogP contribution in [0, 0.1) is 0 Å². The lowest BCUT2D eigenvalue weighted by atomic mass is 10.3. The molecule has 0 aliphatic heterocycles. The third kappa shape index (κ3) is 8.76. The molecule has 2 amide bonds. The molecule has 0 saturated heterocycles. The van der Waals surface area contributed by atoms with Gasteiger partial charge in [0.25, 0.3) is 10.1 Å². The van der Waals surface area contributed by atoms with Crippen molar-refractivity contribution in [2.45, 2.75) is 12.8 Å². The van der Waals surface area contributed by atoms with Crippen molar-refractivity contribution in [1.29, 1.82) is 0 Å². The van der Waals surface area contributed by atoms with Gasteiger partial charge in [0.1, 0.15) is 0 Å². The molecule has 7 nitrogen and oxygen atoms in total. The van der Waals surface area contributed by atoms with E-state index in [0.29, 0.717) is 0 Å². The lowest BCUT2D eigenvalue weighted by Gasteiger charge is -2.01. The summed E-state index contributed by atoms with van der Waals surface area (Å²) in [6.07, 6.45) is 0.422. The molecule has 8 heteroatoms. The SMILES string of the molecule is CS(=O)(=O)ONC(=O)CCC(N)=O. The van der Waals surface area contributed by atoms with Crippen LogP contribution in [-0.2, 0) is 24.0 Å². The van der Waals surface area contributed by atoms with Gasteiger partial charge in [-0.1, -0.05) is 0 Å². The zero-order chi connectivity index (χ0) is 10.5. The standard InChI is InChI=1S/C5H10N2O5S/c1-13(10,11)12-7-5(9)3-2-4(6)8/h2-3H2,1H3,(H2,6,8)(H,7,9). The molecule has 0 aliphatic rings. The summed E-state index contributed by atoms with van der Waals surface area (Å²) in [6, 6.07) is 0. The number of hydroxylamine groups is 1. The fourth-order valence-corrected chi connectivity index (χ4v) is 0.654. The maximum Gasteiger partial charge on any atom is 0.285 e. The molecule has 13 heavy (non-hydrogen) atoms. The average Bonchev–Trinajstić information content (AvgIpc) is 1.95. The summed E-state index contributed by atoms with van der Waals surface area (Å²) < 4.78 is 24.6. The van der Waals surface area contributed by atoms with Gasteiger partial charge in [0.05, 0.1) is 6.26 Å². The second kappa shape index (κ2) is 4.77. The number of amides is 2. The van der Waals surface area contributed by atoms with E-state index in [9.17, 15) is 18.0 Å². The maximum absolute atomic E-state index is 10.7. The molecular weight excluding hydrogens is 200 g/mol. The maximum atomic E-state index is 10.7. The van der Waals surface area contributed by atoms with Crippen molar-refractivity contribution in [2.75, 3.05) is 6.26 Å². The number of primary amides is 1. The van der Waals surface area contributed by atoms with Crippen LogP contribution in [0.5, 0.6) is 0 Å². The summed E-state index contributed by atoms with van der Waals surface area (Å²) in [5, 5.41) is 0. The first kappa shape index (κ1) is 11.8. The Hall–Kier alpha value is -1.15. The third-order valence-corrected chi connectivity index (χ3v) is 1.29. The molecule has 0 spiro atoms. The number of nitrogens with two attached hydrogens (primary N) is 1. The highest BCUT2D eigenvalue weighted by atomic mass is 32.2. The highest BCUT2D eigenvalue weighted by Crippen LogP contribution is 1.88. The minimum absolute atomic E-state index is 0.154. The molecule has 0 bridgehead atoms. The van der Waals surface area contributed by atoms with Gasteiger partial charge < -0.3 is 5.73 Å². The topological polar surface area (TPSA) is 116 Å². The molecule has 0 rings (SSSR count). The lowest BCUT2D eigenvalue weighted by molar-refractivity contribution is -0.129. The van der Waals surface area contributed by atoms with Crippen molar-refractivity contribution >= 4 is 21.9 Å². The first-order chi connectivity index (χ1) is 5.81. The number of nitrogens with one attached hydrogen (secondary N) is 1. The van der Waals surface area contributed by atoms with E-state index in [4.69, 9.17) is 5.73 Å². The molecule has 0 aromatic rings. The van der Waals surface area contributed by atoms with Gasteiger partial charge in [-0.3, -0.25) is 9.59 Å². The molecule has 76 valence electrons. The van der Waals surface area contributed by atoms with Crippen LogP contribution < -0.4 is 11.2 Å². The fraction of sp³-hybridized carbons (Fsp3) is 0.600. The van der Waals surface area contributed by atoms with Crippen molar-refractivity contribution in [2.24, 2.45) is 5.73 Å². The Morgan fingerprint density at radius 1 is 1.38 bits per heavy atom. The number of rotatable bonds is 5. The summed E-state index contributed by atoms with van der Waals surface area (Å²) in [5.74, 6) is -1.36. The van der Waals surface area contributed by atoms with Gasteiger partial charge >= 0.3 is 0 Å². The van der Waals surface area contributed by atoms with Crippen molar-refractivity contribution in [3.8, 4) is 0 Å². The molecule has 0 unspecified atom stereocenters. The van der Waals surface area contributed by atoms with Crippen molar-refractivity contribution in [1.82, 2.24) is 5.48 Å². The van der Waals surface area contributed by atoms with E-state index < -0.39 is 21.9 Å². The number of hydrogen-bond acceptors (Lipinski definition) is 5. The highest BCUT2D eigenvalue weighted by Gasteiger charge is 2.07. The van der Waals surface area contributed by atoms with Crippen LogP contribution in [0.4, 0.5) is 0 Å². The number of carbonyl (C=O) groups excluding carboxylic acids is 2. The Bertz CT molecular complexity index is 296. The van der Waals surface area contributed by atoms with Gasteiger partial charge in [0.15, 0.2) is 0 Å². The monoisotopic (exact) mass is 210 g/mol. The smallest absolute Gasteiger partial charge is 0.285 e. The normalized spacial score (nSPS) is 10.8.